The van der Waals surface area contributed by atoms with Gasteiger partial charge in [0.25, 0.3) is 0 Å². The first kappa shape index (κ1) is 12.7. The Morgan fingerprint density at radius 1 is 0.700 bits per heavy atom. The van der Waals surface area contributed by atoms with Crippen molar-refractivity contribution >= 4 is 11.9 Å². The second kappa shape index (κ2) is 4.22. The van der Waals surface area contributed by atoms with Crippen molar-refractivity contribution in [3.63, 3.8) is 0 Å². The maximum atomic E-state index is 11.4. The number of esters is 2. The Balaban J connectivity index is 1.63. The highest BCUT2D eigenvalue weighted by molar-refractivity contribution is 5.66. The largest absolute Gasteiger partial charge is 0.462 e. The predicted octanol–water partition coefficient (Wildman–Crippen LogP) is 2.16. The number of hydrogen-bond donors (Lipinski definition) is 0. The van der Waals surface area contributed by atoms with Crippen molar-refractivity contribution in [1.29, 1.82) is 0 Å². The molecule has 0 radical (unpaired) electrons. The zero-order valence-electron chi connectivity index (χ0n) is 12.1. The molecule has 4 rings (SSSR count). The molecule has 0 heterocycles. The first-order valence-electron chi connectivity index (χ1n) is 7.92. The first-order chi connectivity index (χ1) is 9.58. The van der Waals surface area contributed by atoms with E-state index in [2.05, 4.69) is 0 Å². The Hall–Kier alpha value is -1.06. The van der Waals surface area contributed by atoms with Gasteiger partial charge >= 0.3 is 11.9 Å². The molecular weight excluding hydrogens is 256 g/mol. The summed E-state index contributed by atoms with van der Waals surface area (Å²) in [7, 11) is 0. The van der Waals surface area contributed by atoms with Gasteiger partial charge in [0.2, 0.25) is 0 Å². The maximum Gasteiger partial charge on any atom is 0.302 e. The van der Waals surface area contributed by atoms with Gasteiger partial charge < -0.3 is 9.47 Å². The monoisotopic (exact) mass is 278 g/mol. The van der Waals surface area contributed by atoms with Crippen LogP contribution >= 0.6 is 0 Å². The van der Waals surface area contributed by atoms with Crippen molar-refractivity contribution in [3.8, 4) is 0 Å². The van der Waals surface area contributed by atoms with E-state index < -0.39 is 0 Å². The van der Waals surface area contributed by atoms with Crippen LogP contribution in [0.15, 0.2) is 0 Å². The normalized spacial score (nSPS) is 51.1. The zero-order valence-corrected chi connectivity index (χ0v) is 12.1. The van der Waals surface area contributed by atoms with E-state index in [4.69, 9.17) is 9.47 Å². The second-order valence-electron chi connectivity index (χ2n) is 7.11. The predicted molar refractivity (Wildman–Crippen MR) is 70.5 cm³/mol. The molecule has 8 atom stereocenters. The number of rotatable bonds is 2. The fraction of sp³-hybridized carbons (Fsp3) is 0.875. The van der Waals surface area contributed by atoms with Crippen molar-refractivity contribution in [2.75, 3.05) is 0 Å². The maximum absolute atomic E-state index is 11.4. The van der Waals surface area contributed by atoms with Crippen LogP contribution < -0.4 is 0 Å². The molecular formula is C16H22O4. The van der Waals surface area contributed by atoms with Gasteiger partial charge in [-0.1, -0.05) is 0 Å². The molecule has 0 spiro atoms. The highest BCUT2D eigenvalue weighted by atomic mass is 16.5. The minimum atomic E-state index is -0.140. The van der Waals surface area contributed by atoms with Gasteiger partial charge in [-0.3, -0.25) is 9.59 Å². The zero-order chi connectivity index (χ0) is 14.0. The Kier molecular flexibility index (Phi) is 2.67. The van der Waals surface area contributed by atoms with E-state index in [1.165, 1.54) is 13.8 Å². The van der Waals surface area contributed by atoms with Gasteiger partial charge in [0.05, 0.1) is 0 Å². The third-order valence-corrected chi connectivity index (χ3v) is 6.38. The molecule has 4 unspecified atom stereocenters. The lowest BCUT2D eigenvalue weighted by atomic mass is 9.90. The van der Waals surface area contributed by atoms with Gasteiger partial charge in [-0.05, 0) is 61.2 Å². The van der Waals surface area contributed by atoms with Gasteiger partial charge in [-0.25, -0.2) is 0 Å². The van der Waals surface area contributed by atoms with Crippen molar-refractivity contribution in [3.05, 3.63) is 0 Å². The molecule has 0 aliphatic heterocycles. The molecule has 4 heteroatoms. The summed E-state index contributed by atoms with van der Waals surface area (Å²) in [5.41, 5.74) is 0. The minimum Gasteiger partial charge on any atom is -0.462 e. The lowest BCUT2D eigenvalue weighted by Gasteiger charge is -2.24. The van der Waals surface area contributed by atoms with E-state index in [0.717, 1.165) is 25.7 Å². The molecule has 0 aromatic carbocycles. The minimum absolute atomic E-state index is 0.135. The summed E-state index contributed by atoms with van der Waals surface area (Å²) in [6.07, 6.45) is 4.79. The Labute approximate surface area is 119 Å². The summed E-state index contributed by atoms with van der Waals surface area (Å²) < 4.78 is 11.4. The van der Waals surface area contributed by atoms with Crippen LogP contribution in [0.2, 0.25) is 0 Å². The summed E-state index contributed by atoms with van der Waals surface area (Å²) in [6, 6.07) is 0. The van der Waals surface area contributed by atoms with E-state index in [-0.39, 0.29) is 24.1 Å². The van der Waals surface area contributed by atoms with Crippen molar-refractivity contribution < 1.29 is 19.1 Å². The number of carbonyl (C=O) groups excluding carboxylic acids is 2. The molecule has 20 heavy (non-hydrogen) atoms. The second-order valence-corrected chi connectivity index (χ2v) is 7.11. The van der Waals surface area contributed by atoms with E-state index in [1.807, 2.05) is 0 Å². The van der Waals surface area contributed by atoms with Crippen LogP contribution in [0.1, 0.15) is 39.5 Å². The molecule has 4 nitrogen and oxygen atoms in total. The van der Waals surface area contributed by atoms with Crippen LogP contribution in [0.25, 0.3) is 0 Å². The Bertz CT molecular complexity index is 393. The molecule has 0 aromatic rings. The van der Waals surface area contributed by atoms with Gasteiger partial charge in [0, 0.05) is 13.8 Å². The molecule has 4 saturated carbocycles. The summed E-state index contributed by atoms with van der Waals surface area (Å²) in [4.78, 5) is 22.8. The Morgan fingerprint density at radius 2 is 1.00 bits per heavy atom. The third-order valence-electron chi connectivity index (χ3n) is 6.38. The number of ether oxygens (including phenoxy) is 2. The van der Waals surface area contributed by atoms with E-state index in [9.17, 15) is 9.59 Å². The summed E-state index contributed by atoms with van der Waals surface area (Å²) in [5, 5.41) is 0. The lowest BCUT2D eigenvalue weighted by Crippen LogP contribution is -2.30. The molecule has 0 bridgehead atoms. The highest BCUT2D eigenvalue weighted by Gasteiger charge is 2.68. The first-order valence-corrected chi connectivity index (χ1v) is 7.92. The lowest BCUT2D eigenvalue weighted by molar-refractivity contribution is -0.151. The fourth-order valence-corrected chi connectivity index (χ4v) is 6.22. The van der Waals surface area contributed by atoms with Gasteiger partial charge in [0.1, 0.15) is 12.2 Å². The summed E-state index contributed by atoms with van der Waals surface area (Å²) in [5.74, 6) is 3.04. The average Bonchev–Trinajstić information content (AvgIpc) is 3.03. The molecule has 0 N–H and O–H groups in total. The average molecular weight is 278 g/mol. The standard InChI is InChI=1S/C16H22O4/c1-7(17)19-15-9-3-5-11-13(9)14-10(15)4-6-12(14)16(11)20-8(2)18/h9-16H,3-6H2,1-2H3/t9-,10-,11-,12+,13?,14?,15?,16?/m0/s1. The molecule has 110 valence electrons. The van der Waals surface area contributed by atoms with Crippen molar-refractivity contribution in [1.82, 2.24) is 0 Å². The van der Waals surface area contributed by atoms with Crippen molar-refractivity contribution in [2.24, 2.45) is 35.5 Å². The molecule has 4 aliphatic carbocycles. The van der Waals surface area contributed by atoms with Crippen LogP contribution in [0.5, 0.6) is 0 Å². The quantitative estimate of drug-likeness (QED) is 0.726. The number of hydrogen-bond acceptors (Lipinski definition) is 4. The fourth-order valence-electron chi connectivity index (χ4n) is 6.22. The smallest absolute Gasteiger partial charge is 0.302 e. The van der Waals surface area contributed by atoms with Crippen molar-refractivity contribution in [2.45, 2.75) is 51.7 Å². The van der Waals surface area contributed by atoms with Crippen LogP contribution in [0.4, 0.5) is 0 Å². The van der Waals surface area contributed by atoms with Crippen LogP contribution in [0, 0.1) is 35.5 Å². The van der Waals surface area contributed by atoms with E-state index in [1.54, 1.807) is 0 Å². The van der Waals surface area contributed by atoms with Gasteiger partial charge in [-0.2, -0.15) is 0 Å². The van der Waals surface area contributed by atoms with Gasteiger partial charge in [0.15, 0.2) is 0 Å². The van der Waals surface area contributed by atoms with E-state index in [0.29, 0.717) is 35.5 Å². The van der Waals surface area contributed by atoms with Crippen LogP contribution in [-0.4, -0.2) is 24.1 Å². The molecule has 0 amide bonds. The molecule has 0 aromatic heterocycles. The molecule has 4 fully saturated rings. The number of carbonyl (C=O) groups is 2. The summed E-state index contributed by atoms with van der Waals surface area (Å²) >= 11 is 0. The van der Waals surface area contributed by atoms with E-state index >= 15 is 0 Å². The van der Waals surface area contributed by atoms with Crippen LogP contribution in [0.3, 0.4) is 0 Å². The topological polar surface area (TPSA) is 52.6 Å². The highest BCUT2D eigenvalue weighted by Crippen LogP contribution is 2.68. The summed E-state index contributed by atoms with van der Waals surface area (Å²) in [6.45, 7) is 3.04. The molecule has 0 saturated heterocycles. The molecule has 4 aliphatic rings. The third kappa shape index (κ3) is 1.54. The SMILES string of the molecule is CC(=O)OC1[C@H]2CC[C@@H]3C(OC(C)=O)[C@@H]4CC[C@H]1C4C23. The van der Waals surface area contributed by atoms with Crippen LogP contribution in [-0.2, 0) is 19.1 Å². The Morgan fingerprint density at radius 3 is 1.25 bits per heavy atom. The van der Waals surface area contributed by atoms with Gasteiger partial charge in [-0.15, -0.1) is 0 Å².